The second-order valence-corrected chi connectivity index (χ2v) is 4.87. The molecule has 0 saturated heterocycles. The molecule has 3 rings (SSSR count). The third-order valence-corrected chi connectivity index (χ3v) is 3.34. The minimum absolute atomic E-state index is 0.0722. The van der Waals surface area contributed by atoms with Gasteiger partial charge in [-0.2, -0.15) is 4.98 Å². The molecule has 92 valence electrons. The van der Waals surface area contributed by atoms with Crippen LogP contribution in [0, 0.1) is 0 Å². The first-order valence-electron chi connectivity index (χ1n) is 5.76. The van der Waals surface area contributed by atoms with Crippen molar-refractivity contribution in [2.75, 3.05) is 0 Å². The van der Waals surface area contributed by atoms with E-state index in [4.69, 9.17) is 9.63 Å². The Labute approximate surface area is 103 Å². The SMILES string of the molecule is CC1(c2noc(-c3ccc(C(=O)O)cc3)n2)CC1. The molecule has 1 aromatic heterocycles. The van der Waals surface area contributed by atoms with Crippen molar-refractivity contribution in [1.29, 1.82) is 0 Å². The molecule has 5 heteroatoms. The predicted molar refractivity (Wildman–Crippen MR) is 63.3 cm³/mol. The lowest BCUT2D eigenvalue weighted by Gasteiger charge is -1.98. The van der Waals surface area contributed by atoms with Gasteiger partial charge in [0.2, 0.25) is 0 Å². The molecule has 1 aromatic carbocycles. The Hall–Kier alpha value is -2.17. The molecule has 1 saturated carbocycles. The number of aromatic nitrogens is 2. The molecule has 2 aromatic rings. The van der Waals surface area contributed by atoms with Gasteiger partial charge in [-0.1, -0.05) is 12.1 Å². The van der Waals surface area contributed by atoms with Gasteiger partial charge >= 0.3 is 5.97 Å². The van der Waals surface area contributed by atoms with Gasteiger partial charge in [-0.05, 0) is 37.1 Å². The zero-order valence-electron chi connectivity index (χ0n) is 9.88. The van der Waals surface area contributed by atoms with Crippen molar-refractivity contribution in [2.45, 2.75) is 25.2 Å². The van der Waals surface area contributed by atoms with Crippen LogP contribution < -0.4 is 0 Å². The van der Waals surface area contributed by atoms with E-state index in [-0.39, 0.29) is 11.0 Å². The number of carboxylic acids is 1. The second kappa shape index (κ2) is 3.66. The van der Waals surface area contributed by atoms with Gasteiger partial charge in [-0.15, -0.1) is 0 Å². The molecule has 0 bridgehead atoms. The molecule has 1 heterocycles. The summed E-state index contributed by atoms with van der Waals surface area (Å²) < 4.78 is 5.21. The number of carboxylic acid groups (broad SMARTS) is 1. The quantitative estimate of drug-likeness (QED) is 0.897. The fraction of sp³-hybridized carbons (Fsp3) is 0.308. The standard InChI is InChI=1S/C13H12N2O3/c1-13(6-7-13)12-14-10(18-15-12)8-2-4-9(5-3-8)11(16)17/h2-5H,6-7H2,1H3,(H,16,17). The van der Waals surface area contributed by atoms with Gasteiger partial charge in [0, 0.05) is 11.0 Å². The summed E-state index contributed by atoms with van der Waals surface area (Å²) in [5.74, 6) is 0.230. The first-order chi connectivity index (χ1) is 8.58. The van der Waals surface area contributed by atoms with Crippen LogP contribution in [0.4, 0.5) is 0 Å². The van der Waals surface area contributed by atoms with Gasteiger partial charge in [-0.25, -0.2) is 4.79 Å². The van der Waals surface area contributed by atoms with E-state index in [0.717, 1.165) is 24.2 Å². The molecule has 1 aliphatic rings. The molecular formula is C13H12N2O3. The number of carbonyl (C=O) groups is 1. The van der Waals surface area contributed by atoms with Gasteiger partial charge in [0.05, 0.1) is 5.56 Å². The molecule has 0 aliphatic heterocycles. The minimum Gasteiger partial charge on any atom is -0.478 e. The van der Waals surface area contributed by atoms with Crippen LogP contribution in [-0.2, 0) is 5.41 Å². The van der Waals surface area contributed by atoms with Gasteiger partial charge in [0.15, 0.2) is 5.82 Å². The van der Waals surface area contributed by atoms with Crippen LogP contribution in [0.1, 0.15) is 35.9 Å². The number of aromatic carboxylic acids is 1. The van der Waals surface area contributed by atoms with E-state index in [1.54, 1.807) is 12.1 Å². The summed E-state index contributed by atoms with van der Waals surface area (Å²) in [4.78, 5) is 15.1. The minimum atomic E-state index is -0.946. The summed E-state index contributed by atoms with van der Waals surface area (Å²) in [7, 11) is 0. The predicted octanol–water partition coefficient (Wildman–Crippen LogP) is 2.49. The van der Waals surface area contributed by atoms with Crippen LogP contribution >= 0.6 is 0 Å². The topological polar surface area (TPSA) is 76.2 Å². The van der Waals surface area contributed by atoms with Gasteiger partial charge < -0.3 is 9.63 Å². The smallest absolute Gasteiger partial charge is 0.335 e. The van der Waals surface area contributed by atoms with Crippen molar-refractivity contribution in [3.05, 3.63) is 35.7 Å². The average Bonchev–Trinajstić information content (AvgIpc) is 2.94. The van der Waals surface area contributed by atoms with Crippen LogP contribution in [0.15, 0.2) is 28.8 Å². The molecular weight excluding hydrogens is 232 g/mol. The summed E-state index contributed by atoms with van der Waals surface area (Å²) in [5.41, 5.74) is 1.05. The van der Waals surface area contributed by atoms with Crippen LogP contribution in [0.25, 0.3) is 11.5 Å². The summed E-state index contributed by atoms with van der Waals surface area (Å²) in [6.45, 7) is 2.11. The summed E-state index contributed by atoms with van der Waals surface area (Å²) in [5, 5.41) is 12.8. The van der Waals surface area contributed by atoms with E-state index < -0.39 is 5.97 Å². The van der Waals surface area contributed by atoms with Crippen molar-refractivity contribution >= 4 is 5.97 Å². The lowest BCUT2D eigenvalue weighted by atomic mass is 10.1. The highest BCUT2D eigenvalue weighted by Gasteiger charge is 2.43. The Bertz CT molecular complexity index is 597. The fourth-order valence-corrected chi connectivity index (χ4v) is 1.75. The first kappa shape index (κ1) is 11.0. The number of nitrogens with zero attached hydrogens (tertiary/aromatic N) is 2. The van der Waals surface area contributed by atoms with Crippen LogP contribution in [-0.4, -0.2) is 21.2 Å². The normalized spacial score (nSPS) is 16.5. The summed E-state index contributed by atoms with van der Waals surface area (Å²) >= 11 is 0. The highest BCUT2D eigenvalue weighted by molar-refractivity contribution is 5.88. The van der Waals surface area contributed by atoms with Crippen molar-refractivity contribution in [3.63, 3.8) is 0 Å². The first-order valence-corrected chi connectivity index (χ1v) is 5.76. The number of rotatable bonds is 3. The largest absolute Gasteiger partial charge is 0.478 e. The third kappa shape index (κ3) is 1.77. The Kier molecular flexibility index (Phi) is 2.23. The number of benzene rings is 1. The van der Waals surface area contributed by atoms with E-state index in [9.17, 15) is 4.79 Å². The lowest BCUT2D eigenvalue weighted by molar-refractivity contribution is 0.0697. The molecule has 0 radical (unpaired) electrons. The Morgan fingerprint density at radius 3 is 2.56 bits per heavy atom. The summed E-state index contributed by atoms with van der Waals surface area (Å²) in [6.07, 6.45) is 2.17. The number of hydrogen-bond acceptors (Lipinski definition) is 4. The van der Waals surface area contributed by atoms with Crippen molar-refractivity contribution in [2.24, 2.45) is 0 Å². The van der Waals surface area contributed by atoms with E-state index in [1.807, 2.05) is 0 Å². The van der Waals surface area contributed by atoms with E-state index in [0.29, 0.717) is 5.89 Å². The maximum Gasteiger partial charge on any atom is 0.335 e. The summed E-state index contributed by atoms with van der Waals surface area (Å²) in [6, 6.07) is 6.41. The highest BCUT2D eigenvalue weighted by Crippen LogP contribution is 2.46. The van der Waals surface area contributed by atoms with Crippen LogP contribution in [0.5, 0.6) is 0 Å². The van der Waals surface area contributed by atoms with Crippen molar-refractivity contribution in [3.8, 4) is 11.5 Å². The molecule has 1 N–H and O–H groups in total. The van der Waals surface area contributed by atoms with Crippen molar-refractivity contribution < 1.29 is 14.4 Å². The Morgan fingerprint density at radius 2 is 2.00 bits per heavy atom. The van der Waals surface area contributed by atoms with E-state index in [1.165, 1.54) is 12.1 Å². The van der Waals surface area contributed by atoms with Gasteiger partial charge in [0.25, 0.3) is 5.89 Å². The molecule has 1 aliphatic carbocycles. The Morgan fingerprint density at radius 1 is 1.33 bits per heavy atom. The zero-order valence-corrected chi connectivity index (χ0v) is 9.88. The molecule has 1 fully saturated rings. The van der Waals surface area contributed by atoms with Crippen LogP contribution in [0.2, 0.25) is 0 Å². The maximum absolute atomic E-state index is 10.7. The fourth-order valence-electron chi connectivity index (χ4n) is 1.75. The molecule has 18 heavy (non-hydrogen) atoms. The second-order valence-electron chi connectivity index (χ2n) is 4.87. The maximum atomic E-state index is 10.7. The van der Waals surface area contributed by atoms with Gasteiger partial charge in [-0.3, -0.25) is 0 Å². The molecule has 0 spiro atoms. The molecule has 0 atom stereocenters. The molecule has 5 nitrogen and oxygen atoms in total. The molecule has 0 amide bonds. The van der Waals surface area contributed by atoms with Crippen molar-refractivity contribution in [1.82, 2.24) is 10.1 Å². The zero-order chi connectivity index (χ0) is 12.8. The van der Waals surface area contributed by atoms with Gasteiger partial charge in [0.1, 0.15) is 0 Å². The highest BCUT2D eigenvalue weighted by atomic mass is 16.5. The van der Waals surface area contributed by atoms with E-state index in [2.05, 4.69) is 17.1 Å². The monoisotopic (exact) mass is 244 g/mol. The van der Waals surface area contributed by atoms with Crippen LogP contribution in [0.3, 0.4) is 0 Å². The number of hydrogen-bond donors (Lipinski definition) is 1. The average molecular weight is 244 g/mol. The Balaban J connectivity index is 1.90. The molecule has 0 unspecified atom stereocenters. The third-order valence-electron chi connectivity index (χ3n) is 3.34. The lowest BCUT2D eigenvalue weighted by Crippen LogP contribution is -2.01. The van der Waals surface area contributed by atoms with E-state index >= 15 is 0 Å².